The molecule has 1 N–H and O–H groups in total. The normalized spacial score (nSPS) is 11.6. The van der Waals surface area contributed by atoms with Gasteiger partial charge < -0.3 is 5.32 Å². The van der Waals surface area contributed by atoms with Crippen LogP contribution < -0.4 is 5.32 Å². The van der Waals surface area contributed by atoms with Crippen LogP contribution in [-0.2, 0) is 22.1 Å². The molecule has 0 radical (unpaired) electrons. The average Bonchev–Trinajstić information content (AvgIpc) is 2.55. The quantitative estimate of drug-likeness (QED) is 0.723. The molecule has 3 rings (SSSR count). The van der Waals surface area contributed by atoms with Crippen LogP contribution in [-0.4, -0.2) is 19.7 Å². The van der Waals surface area contributed by atoms with Crippen molar-refractivity contribution in [2.45, 2.75) is 12.3 Å². The van der Waals surface area contributed by atoms with Crippen molar-refractivity contribution in [2.75, 3.05) is 11.6 Å². The number of benzene rings is 2. The Bertz CT molecular complexity index is 1020. The number of pyridine rings is 1. The SMILES string of the molecule is CS(=O)(=O)Cc1ccc(CNc2ccc3c(Cl)ccnc3c2F)cc1. The van der Waals surface area contributed by atoms with Crippen LogP contribution in [0.25, 0.3) is 10.9 Å². The van der Waals surface area contributed by atoms with Crippen molar-refractivity contribution in [3.8, 4) is 0 Å². The number of nitrogens with one attached hydrogen (secondary N) is 1. The Morgan fingerprint density at radius 1 is 1.08 bits per heavy atom. The van der Waals surface area contributed by atoms with Crippen LogP contribution in [0.4, 0.5) is 10.1 Å². The van der Waals surface area contributed by atoms with Gasteiger partial charge in [0.15, 0.2) is 15.7 Å². The molecule has 0 fully saturated rings. The highest BCUT2D eigenvalue weighted by Gasteiger charge is 2.10. The molecule has 0 aliphatic carbocycles. The van der Waals surface area contributed by atoms with Gasteiger partial charge in [0.25, 0.3) is 0 Å². The summed E-state index contributed by atoms with van der Waals surface area (Å²) >= 11 is 6.05. The standard InChI is InChI=1S/C18H16ClFN2O2S/c1-25(23,24)11-13-4-2-12(3-5-13)10-22-16-7-6-14-15(19)8-9-21-18(14)17(16)20/h2-9,22H,10-11H2,1H3. The first-order chi connectivity index (χ1) is 11.8. The van der Waals surface area contributed by atoms with Gasteiger partial charge in [-0.25, -0.2) is 12.8 Å². The molecule has 0 bridgehead atoms. The molecule has 0 saturated carbocycles. The molecule has 2 aromatic carbocycles. The highest BCUT2D eigenvalue weighted by molar-refractivity contribution is 7.89. The van der Waals surface area contributed by atoms with Crippen LogP contribution in [0.3, 0.4) is 0 Å². The molecule has 0 unspecified atom stereocenters. The number of aromatic nitrogens is 1. The fourth-order valence-electron chi connectivity index (χ4n) is 2.54. The van der Waals surface area contributed by atoms with Gasteiger partial charge in [-0.1, -0.05) is 35.9 Å². The summed E-state index contributed by atoms with van der Waals surface area (Å²) in [5.74, 6) is -0.444. The molecule has 0 spiro atoms. The second kappa shape index (κ2) is 6.98. The third-order valence-corrected chi connectivity index (χ3v) is 4.92. The van der Waals surface area contributed by atoms with Crippen molar-refractivity contribution in [3.63, 3.8) is 0 Å². The minimum atomic E-state index is -3.06. The Balaban J connectivity index is 1.75. The Morgan fingerprint density at radius 3 is 2.44 bits per heavy atom. The van der Waals surface area contributed by atoms with Gasteiger partial charge >= 0.3 is 0 Å². The van der Waals surface area contributed by atoms with Crippen LogP contribution in [0.15, 0.2) is 48.7 Å². The predicted octanol–water partition coefficient (Wildman–Crippen LogP) is 4.18. The summed E-state index contributed by atoms with van der Waals surface area (Å²) in [4.78, 5) is 4.05. The van der Waals surface area contributed by atoms with Crippen molar-refractivity contribution in [1.82, 2.24) is 4.98 Å². The zero-order valence-corrected chi connectivity index (χ0v) is 15.0. The molecule has 1 heterocycles. The topological polar surface area (TPSA) is 59.1 Å². The number of hydrogen-bond acceptors (Lipinski definition) is 4. The maximum atomic E-state index is 14.6. The number of sulfone groups is 1. The molecule has 1 aromatic heterocycles. The fraction of sp³-hybridized carbons (Fsp3) is 0.167. The van der Waals surface area contributed by atoms with Crippen molar-refractivity contribution in [1.29, 1.82) is 0 Å². The van der Waals surface area contributed by atoms with E-state index in [-0.39, 0.29) is 11.3 Å². The van der Waals surface area contributed by atoms with Gasteiger partial charge in [0.2, 0.25) is 0 Å². The molecule has 0 amide bonds. The molecular weight excluding hydrogens is 363 g/mol. The summed E-state index contributed by atoms with van der Waals surface area (Å²) in [7, 11) is -3.06. The number of rotatable bonds is 5. The van der Waals surface area contributed by atoms with E-state index in [0.717, 1.165) is 11.1 Å². The second-order valence-corrected chi connectivity index (χ2v) is 8.40. The van der Waals surface area contributed by atoms with E-state index in [2.05, 4.69) is 10.3 Å². The lowest BCUT2D eigenvalue weighted by Crippen LogP contribution is -2.03. The summed E-state index contributed by atoms with van der Waals surface area (Å²) in [6.07, 6.45) is 2.67. The summed E-state index contributed by atoms with van der Waals surface area (Å²) < 4.78 is 37.1. The van der Waals surface area contributed by atoms with Gasteiger partial charge in [-0.05, 0) is 29.3 Å². The average molecular weight is 379 g/mol. The van der Waals surface area contributed by atoms with Crippen LogP contribution in [0.1, 0.15) is 11.1 Å². The molecule has 4 nitrogen and oxygen atoms in total. The van der Waals surface area contributed by atoms with Crippen LogP contribution in [0.5, 0.6) is 0 Å². The monoisotopic (exact) mass is 378 g/mol. The molecule has 0 aliphatic heterocycles. The van der Waals surface area contributed by atoms with E-state index in [4.69, 9.17) is 11.6 Å². The first-order valence-corrected chi connectivity index (χ1v) is 9.99. The van der Waals surface area contributed by atoms with E-state index in [1.54, 1.807) is 30.3 Å². The molecular formula is C18H16ClFN2O2S. The Hall–Kier alpha value is -2.18. The smallest absolute Gasteiger partial charge is 0.172 e. The molecule has 0 atom stereocenters. The molecule has 0 saturated heterocycles. The lowest BCUT2D eigenvalue weighted by atomic mass is 10.1. The van der Waals surface area contributed by atoms with Gasteiger partial charge in [0.05, 0.1) is 16.5 Å². The van der Waals surface area contributed by atoms with Crippen molar-refractivity contribution in [3.05, 3.63) is 70.6 Å². The second-order valence-electron chi connectivity index (χ2n) is 5.86. The Morgan fingerprint density at radius 2 is 1.76 bits per heavy atom. The maximum absolute atomic E-state index is 14.6. The molecule has 25 heavy (non-hydrogen) atoms. The fourth-order valence-corrected chi connectivity index (χ4v) is 3.55. The zero-order valence-electron chi connectivity index (χ0n) is 13.5. The van der Waals surface area contributed by atoms with Gasteiger partial charge in [-0.2, -0.15) is 0 Å². The number of hydrogen-bond donors (Lipinski definition) is 1. The van der Waals surface area contributed by atoms with Gasteiger partial charge in [-0.15, -0.1) is 0 Å². The largest absolute Gasteiger partial charge is 0.379 e. The van der Waals surface area contributed by atoms with E-state index in [1.807, 2.05) is 12.1 Å². The van der Waals surface area contributed by atoms with Gasteiger partial charge in [-0.3, -0.25) is 4.98 Å². The highest BCUT2D eigenvalue weighted by Crippen LogP contribution is 2.28. The minimum Gasteiger partial charge on any atom is -0.379 e. The lowest BCUT2D eigenvalue weighted by Gasteiger charge is -2.10. The molecule has 0 aliphatic rings. The number of fused-ring (bicyclic) bond motifs is 1. The number of halogens is 2. The summed E-state index contributed by atoms with van der Waals surface area (Å²) in [5, 5.41) is 4.05. The predicted molar refractivity (Wildman–Crippen MR) is 99.0 cm³/mol. The first-order valence-electron chi connectivity index (χ1n) is 7.55. The van der Waals surface area contributed by atoms with E-state index in [9.17, 15) is 12.8 Å². The van der Waals surface area contributed by atoms with E-state index >= 15 is 0 Å². The van der Waals surface area contributed by atoms with Crippen molar-refractivity contribution < 1.29 is 12.8 Å². The first kappa shape index (κ1) is 17.6. The zero-order chi connectivity index (χ0) is 18.0. The van der Waals surface area contributed by atoms with Crippen molar-refractivity contribution >= 4 is 38.0 Å². The Kier molecular flexibility index (Phi) is 4.92. The number of nitrogens with zero attached hydrogens (tertiary/aromatic N) is 1. The van der Waals surface area contributed by atoms with Gasteiger partial charge in [0, 0.05) is 24.4 Å². The lowest BCUT2D eigenvalue weighted by molar-refractivity contribution is 0.601. The van der Waals surface area contributed by atoms with Gasteiger partial charge in [0.1, 0.15) is 5.52 Å². The maximum Gasteiger partial charge on any atom is 0.172 e. The molecule has 7 heteroatoms. The van der Waals surface area contributed by atoms with E-state index in [0.29, 0.717) is 22.6 Å². The van der Waals surface area contributed by atoms with Crippen LogP contribution in [0, 0.1) is 5.82 Å². The van der Waals surface area contributed by atoms with Crippen molar-refractivity contribution in [2.24, 2.45) is 0 Å². The van der Waals surface area contributed by atoms with Crippen LogP contribution in [0.2, 0.25) is 5.02 Å². The summed E-state index contributed by atoms with van der Waals surface area (Å²) in [6, 6.07) is 12.1. The van der Waals surface area contributed by atoms with E-state index < -0.39 is 15.7 Å². The van der Waals surface area contributed by atoms with Crippen LogP contribution >= 0.6 is 11.6 Å². The third-order valence-electron chi connectivity index (χ3n) is 3.73. The molecule has 3 aromatic rings. The molecule has 130 valence electrons. The summed E-state index contributed by atoms with van der Waals surface area (Å²) in [6.45, 7) is 0.405. The minimum absolute atomic E-state index is 0.00639. The summed E-state index contributed by atoms with van der Waals surface area (Å²) in [5.41, 5.74) is 2.20. The highest BCUT2D eigenvalue weighted by atomic mass is 35.5. The third kappa shape index (κ3) is 4.27. The number of anilines is 1. The van der Waals surface area contributed by atoms with E-state index in [1.165, 1.54) is 12.5 Å². The Labute approximate surface area is 150 Å².